The fraction of sp³-hybridized carbons (Fsp3) is 0.667. The highest BCUT2D eigenvalue weighted by Gasteiger charge is 2.17. The predicted molar refractivity (Wildman–Crippen MR) is 71.8 cm³/mol. The first kappa shape index (κ1) is 12.6. The quantitative estimate of drug-likeness (QED) is 0.861. The molecule has 2 rings (SSSR count). The van der Waals surface area contributed by atoms with Gasteiger partial charge in [0.25, 0.3) is 0 Å². The highest BCUT2D eigenvalue weighted by molar-refractivity contribution is 5.11. The van der Waals surface area contributed by atoms with Crippen molar-refractivity contribution in [2.24, 2.45) is 11.8 Å². The summed E-state index contributed by atoms with van der Waals surface area (Å²) in [6.07, 6.45) is 7.56. The van der Waals surface area contributed by atoms with Gasteiger partial charge < -0.3 is 5.32 Å². The molecule has 0 unspecified atom stereocenters. The maximum absolute atomic E-state index is 4.41. The van der Waals surface area contributed by atoms with Gasteiger partial charge in [0, 0.05) is 12.7 Å². The maximum atomic E-state index is 4.41. The van der Waals surface area contributed by atoms with Gasteiger partial charge in [0.15, 0.2) is 0 Å². The van der Waals surface area contributed by atoms with E-state index in [0.29, 0.717) is 0 Å². The van der Waals surface area contributed by atoms with Crippen LogP contribution in [0.5, 0.6) is 0 Å². The van der Waals surface area contributed by atoms with Crippen molar-refractivity contribution in [1.29, 1.82) is 0 Å². The Morgan fingerprint density at radius 3 is 2.65 bits per heavy atom. The van der Waals surface area contributed by atoms with Crippen LogP contribution < -0.4 is 5.32 Å². The van der Waals surface area contributed by atoms with Crippen molar-refractivity contribution in [3.63, 3.8) is 0 Å². The van der Waals surface area contributed by atoms with Crippen LogP contribution in [0.1, 0.15) is 43.9 Å². The van der Waals surface area contributed by atoms with Gasteiger partial charge in [-0.2, -0.15) is 0 Å². The van der Waals surface area contributed by atoms with Gasteiger partial charge in [-0.25, -0.2) is 0 Å². The molecular weight excluding hydrogens is 208 g/mol. The van der Waals surface area contributed by atoms with Crippen LogP contribution in [-0.2, 0) is 6.54 Å². The number of pyridine rings is 1. The maximum Gasteiger partial charge on any atom is 0.0541 e. The summed E-state index contributed by atoms with van der Waals surface area (Å²) in [6.45, 7) is 6.52. The van der Waals surface area contributed by atoms with Crippen LogP contribution in [0.2, 0.25) is 0 Å². The summed E-state index contributed by atoms with van der Waals surface area (Å²) in [4.78, 5) is 4.41. The second-order valence-corrected chi connectivity index (χ2v) is 5.58. The number of aryl methyl sites for hydroxylation is 1. The van der Waals surface area contributed by atoms with E-state index < -0.39 is 0 Å². The highest BCUT2D eigenvalue weighted by Crippen LogP contribution is 2.27. The molecule has 94 valence electrons. The molecule has 0 bridgehead atoms. The van der Waals surface area contributed by atoms with E-state index >= 15 is 0 Å². The van der Waals surface area contributed by atoms with Crippen LogP contribution in [-0.4, -0.2) is 11.5 Å². The van der Waals surface area contributed by atoms with Crippen molar-refractivity contribution >= 4 is 0 Å². The third-order valence-corrected chi connectivity index (χ3v) is 3.85. The van der Waals surface area contributed by atoms with E-state index in [0.717, 1.165) is 30.6 Å². The van der Waals surface area contributed by atoms with Crippen molar-refractivity contribution in [2.45, 2.75) is 46.1 Å². The predicted octanol–water partition coefficient (Wildman–Crippen LogP) is 3.31. The zero-order valence-corrected chi connectivity index (χ0v) is 11.1. The molecule has 1 heterocycles. The summed E-state index contributed by atoms with van der Waals surface area (Å²) in [5.74, 6) is 1.83. The third kappa shape index (κ3) is 4.12. The van der Waals surface area contributed by atoms with Crippen molar-refractivity contribution in [2.75, 3.05) is 6.54 Å². The molecule has 17 heavy (non-hydrogen) atoms. The molecule has 0 aromatic carbocycles. The molecule has 1 saturated carbocycles. The Hall–Kier alpha value is -0.890. The minimum absolute atomic E-state index is 0.886. The lowest BCUT2D eigenvalue weighted by molar-refractivity contribution is 0.281. The molecule has 2 nitrogen and oxygen atoms in total. The van der Waals surface area contributed by atoms with Gasteiger partial charge in [0.05, 0.1) is 5.69 Å². The lowest BCUT2D eigenvalue weighted by atomic mass is 9.83. The number of nitrogens with zero attached hydrogens (tertiary/aromatic N) is 1. The first-order valence-corrected chi connectivity index (χ1v) is 6.86. The topological polar surface area (TPSA) is 24.9 Å². The second-order valence-electron chi connectivity index (χ2n) is 5.58. The summed E-state index contributed by atoms with van der Waals surface area (Å²) >= 11 is 0. The average Bonchev–Trinajstić information content (AvgIpc) is 2.34. The van der Waals surface area contributed by atoms with Gasteiger partial charge >= 0.3 is 0 Å². The second kappa shape index (κ2) is 6.15. The van der Waals surface area contributed by atoms with E-state index in [2.05, 4.69) is 36.3 Å². The van der Waals surface area contributed by atoms with Crippen molar-refractivity contribution in [3.8, 4) is 0 Å². The Kier molecular flexibility index (Phi) is 4.55. The zero-order chi connectivity index (χ0) is 12.1. The molecule has 0 saturated heterocycles. The Balaban J connectivity index is 1.67. The van der Waals surface area contributed by atoms with Crippen LogP contribution in [0.3, 0.4) is 0 Å². The standard InChI is InChI=1S/C15H24N2/c1-12-3-6-14(7-4-12)10-16-11-15-8-5-13(2)9-17-15/h5,8-9,12,14,16H,3-4,6-7,10-11H2,1-2H3. The van der Waals surface area contributed by atoms with Gasteiger partial charge in [0.1, 0.15) is 0 Å². The molecule has 1 aliphatic carbocycles. The van der Waals surface area contributed by atoms with Gasteiger partial charge in [-0.3, -0.25) is 4.98 Å². The minimum Gasteiger partial charge on any atom is -0.311 e. The van der Waals surface area contributed by atoms with Gasteiger partial charge in [0.2, 0.25) is 0 Å². The van der Waals surface area contributed by atoms with Crippen LogP contribution >= 0.6 is 0 Å². The van der Waals surface area contributed by atoms with E-state index in [9.17, 15) is 0 Å². The van der Waals surface area contributed by atoms with Gasteiger partial charge in [-0.15, -0.1) is 0 Å². The fourth-order valence-corrected chi connectivity index (χ4v) is 2.54. The molecular formula is C15H24N2. The SMILES string of the molecule is Cc1ccc(CNCC2CCC(C)CC2)nc1. The summed E-state index contributed by atoms with van der Waals surface area (Å²) < 4.78 is 0. The van der Waals surface area contributed by atoms with Crippen molar-refractivity contribution < 1.29 is 0 Å². The lowest BCUT2D eigenvalue weighted by Crippen LogP contribution is -2.26. The molecule has 0 aliphatic heterocycles. The van der Waals surface area contributed by atoms with E-state index in [1.54, 1.807) is 0 Å². The average molecular weight is 232 g/mol. The molecule has 1 fully saturated rings. The van der Waals surface area contributed by atoms with Gasteiger partial charge in [-0.1, -0.05) is 25.8 Å². The Morgan fingerprint density at radius 2 is 2.00 bits per heavy atom. The molecule has 0 amide bonds. The molecule has 1 aromatic heterocycles. The molecule has 0 atom stereocenters. The molecule has 1 N–H and O–H groups in total. The summed E-state index contributed by atoms with van der Waals surface area (Å²) in [5, 5.41) is 3.54. The molecule has 0 spiro atoms. The first-order valence-electron chi connectivity index (χ1n) is 6.86. The lowest BCUT2D eigenvalue weighted by Gasteiger charge is -2.26. The number of rotatable bonds is 4. The van der Waals surface area contributed by atoms with E-state index in [4.69, 9.17) is 0 Å². The van der Waals surface area contributed by atoms with Gasteiger partial charge in [-0.05, 0) is 49.8 Å². The number of hydrogen-bond acceptors (Lipinski definition) is 2. The molecule has 1 aliphatic rings. The fourth-order valence-electron chi connectivity index (χ4n) is 2.54. The largest absolute Gasteiger partial charge is 0.311 e. The van der Waals surface area contributed by atoms with E-state index in [1.165, 1.54) is 31.2 Å². The van der Waals surface area contributed by atoms with Crippen LogP contribution in [0.25, 0.3) is 0 Å². The van der Waals surface area contributed by atoms with E-state index in [-0.39, 0.29) is 0 Å². The number of aromatic nitrogens is 1. The Bertz CT molecular complexity index is 323. The van der Waals surface area contributed by atoms with Crippen molar-refractivity contribution in [3.05, 3.63) is 29.6 Å². The summed E-state index contributed by atoms with van der Waals surface area (Å²) in [5.41, 5.74) is 2.38. The molecule has 0 radical (unpaired) electrons. The van der Waals surface area contributed by atoms with Crippen LogP contribution in [0.15, 0.2) is 18.3 Å². The number of nitrogens with one attached hydrogen (secondary N) is 1. The van der Waals surface area contributed by atoms with Crippen molar-refractivity contribution in [1.82, 2.24) is 10.3 Å². The van der Waals surface area contributed by atoms with Crippen LogP contribution in [0, 0.1) is 18.8 Å². The summed E-state index contributed by atoms with van der Waals surface area (Å²) in [6, 6.07) is 4.25. The highest BCUT2D eigenvalue weighted by atomic mass is 14.9. The summed E-state index contributed by atoms with van der Waals surface area (Å²) in [7, 11) is 0. The third-order valence-electron chi connectivity index (χ3n) is 3.85. The monoisotopic (exact) mass is 232 g/mol. The Labute approximate surface area is 105 Å². The zero-order valence-electron chi connectivity index (χ0n) is 11.1. The normalized spacial score (nSPS) is 24.8. The Morgan fingerprint density at radius 1 is 1.24 bits per heavy atom. The van der Waals surface area contributed by atoms with Crippen LogP contribution in [0.4, 0.5) is 0 Å². The molecule has 1 aromatic rings. The molecule has 2 heteroatoms. The smallest absolute Gasteiger partial charge is 0.0541 e. The minimum atomic E-state index is 0.886. The van der Waals surface area contributed by atoms with E-state index in [1.807, 2.05) is 6.20 Å². The first-order chi connectivity index (χ1) is 8.24. The number of hydrogen-bond donors (Lipinski definition) is 1.